The molecule has 2 amide bonds. The van der Waals surface area contributed by atoms with Crippen LogP contribution in [0.5, 0.6) is 5.75 Å². The highest BCUT2D eigenvalue weighted by Crippen LogP contribution is 2.29. The van der Waals surface area contributed by atoms with E-state index in [-0.39, 0.29) is 24.3 Å². The van der Waals surface area contributed by atoms with E-state index in [4.69, 9.17) is 13.7 Å². The van der Waals surface area contributed by atoms with Gasteiger partial charge in [0.2, 0.25) is 15.9 Å². The van der Waals surface area contributed by atoms with Crippen molar-refractivity contribution >= 4 is 38.1 Å². The molecule has 2 aliphatic heterocycles. The first-order valence-corrected chi connectivity index (χ1v) is 16.5. The zero-order chi connectivity index (χ0) is 30.5. The first-order chi connectivity index (χ1) is 19.9. The van der Waals surface area contributed by atoms with Crippen molar-refractivity contribution in [2.75, 3.05) is 33.0 Å². The Hall–Kier alpha value is -3.53. The van der Waals surface area contributed by atoms with Crippen LogP contribution >= 0.6 is 0 Å². The molecule has 42 heavy (non-hydrogen) atoms. The zero-order valence-corrected chi connectivity index (χ0v) is 24.8. The van der Waals surface area contributed by atoms with Crippen LogP contribution in [0.15, 0.2) is 59.5 Å². The molecular formula is C27H33N3O10S2. The highest BCUT2D eigenvalue weighted by molar-refractivity contribution is 7.89. The minimum Gasteiger partial charge on any atom is -0.467 e. The number of hydrogen-bond acceptors (Lipinski definition) is 10. The van der Waals surface area contributed by atoms with E-state index < -0.39 is 56.3 Å². The second-order valence-corrected chi connectivity index (χ2v) is 13.5. The molecule has 0 aliphatic carbocycles. The van der Waals surface area contributed by atoms with Gasteiger partial charge >= 0.3 is 12.1 Å². The number of methoxy groups -OCH3 is 1. The second kappa shape index (κ2) is 13.2. The van der Waals surface area contributed by atoms with E-state index in [1.807, 2.05) is 0 Å². The Bertz CT molecular complexity index is 1490. The molecule has 0 radical (unpaired) electrons. The van der Waals surface area contributed by atoms with Gasteiger partial charge in [0.1, 0.15) is 17.8 Å². The lowest BCUT2D eigenvalue weighted by molar-refractivity contribution is -0.145. The molecule has 0 spiro atoms. The summed E-state index contributed by atoms with van der Waals surface area (Å²) in [5, 5.41) is 2.56. The molecule has 15 heteroatoms. The van der Waals surface area contributed by atoms with Gasteiger partial charge in [0, 0.05) is 32.5 Å². The second-order valence-electron chi connectivity index (χ2n) is 10.1. The highest BCUT2D eigenvalue weighted by atomic mass is 32.2. The quantitative estimate of drug-likeness (QED) is 0.301. The summed E-state index contributed by atoms with van der Waals surface area (Å²) in [4.78, 5) is 39.9. The van der Waals surface area contributed by atoms with Gasteiger partial charge in [-0.2, -0.15) is 12.7 Å². The van der Waals surface area contributed by atoms with Crippen LogP contribution in [0.1, 0.15) is 24.8 Å². The summed E-state index contributed by atoms with van der Waals surface area (Å²) < 4.78 is 66.6. The molecule has 2 saturated heterocycles. The van der Waals surface area contributed by atoms with Crippen LogP contribution in [-0.4, -0.2) is 95.2 Å². The Morgan fingerprint density at radius 1 is 0.976 bits per heavy atom. The normalized spacial score (nSPS) is 20.2. The zero-order valence-electron chi connectivity index (χ0n) is 23.2. The monoisotopic (exact) mass is 623 g/mol. The first kappa shape index (κ1) is 31.4. The van der Waals surface area contributed by atoms with Crippen LogP contribution in [-0.2, 0) is 45.1 Å². The fourth-order valence-electron chi connectivity index (χ4n) is 4.92. The van der Waals surface area contributed by atoms with Crippen molar-refractivity contribution in [1.82, 2.24) is 14.5 Å². The maximum absolute atomic E-state index is 13.5. The van der Waals surface area contributed by atoms with Crippen LogP contribution < -0.4 is 10.1 Å². The lowest BCUT2D eigenvalue weighted by Gasteiger charge is -2.25. The number of sulfonamides is 1. The average Bonchev–Trinajstić information content (AvgIpc) is 3.64. The Labute approximate surface area is 244 Å². The summed E-state index contributed by atoms with van der Waals surface area (Å²) in [6, 6.07) is 11.2. The van der Waals surface area contributed by atoms with Crippen molar-refractivity contribution in [2.24, 2.45) is 0 Å². The average molecular weight is 624 g/mol. The van der Waals surface area contributed by atoms with Gasteiger partial charge in [0.25, 0.3) is 10.1 Å². The SMILES string of the molecule is COC(=O)[C@H](Cc1ccc(OC(=O)N2CCCC2)cc1)NC(=O)[C@@H]1C[C@H](OS(C)(=O)=O)CN1S(=O)(=O)c1ccccc1. The number of rotatable bonds is 10. The van der Waals surface area contributed by atoms with Gasteiger partial charge in [0.15, 0.2) is 0 Å². The summed E-state index contributed by atoms with van der Waals surface area (Å²) in [6.07, 6.45) is 0.873. The number of likely N-dealkylation sites (tertiary alicyclic amines) is 1. The van der Waals surface area contributed by atoms with Crippen molar-refractivity contribution in [3.8, 4) is 5.75 Å². The molecule has 2 aromatic carbocycles. The maximum Gasteiger partial charge on any atom is 0.415 e. The summed E-state index contributed by atoms with van der Waals surface area (Å²) in [7, 11) is -7.02. The lowest BCUT2D eigenvalue weighted by atomic mass is 10.0. The Morgan fingerprint density at radius 3 is 2.21 bits per heavy atom. The maximum atomic E-state index is 13.5. The third-order valence-electron chi connectivity index (χ3n) is 6.92. The van der Waals surface area contributed by atoms with E-state index in [9.17, 15) is 31.2 Å². The Kier molecular flexibility index (Phi) is 9.86. The predicted molar refractivity (Wildman–Crippen MR) is 149 cm³/mol. The van der Waals surface area contributed by atoms with E-state index in [0.29, 0.717) is 24.4 Å². The van der Waals surface area contributed by atoms with E-state index in [2.05, 4.69) is 5.32 Å². The fraction of sp³-hybridized carbons (Fsp3) is 0.444. The molecule has 0 unspecified atom stereocenters. The summed E-state index contributed by atoms with van der Waals surface area (Å²) >= 11 is 0. The van der Waals surface area contributed by atoms with Crippen molar-refractivity contribution in [1.29, 1.82) is 0 Å². The third kappa shape index (κ3) is 7.85. The van der Waals surface area contributed by atoms with E-state index in [0.717, 1.165) is 30.5 Å². The number of esters is 1. The van der Waals surface area contributed by atoms with Gasteiger partial charge in [-0.15, -0.1) is 0 Å². The molecule has 0 bridgehead atoms. The number of hydrogen-bond donors (Lipinski definition) is 1. The number of amides is 2. The van der Waals surface area contributed by atoms with Crippen molar-refractivity contribution in [3.63, 3.8) is 0 Å². The van der Waals surface area contributed by atoms with Crippen LogP contribution in [0.2, 0.25) is 0 Å². The molecule has 0 aromatic heterocycles. The van der Waals surface area contributed by atoms with E-state index in [1.165, 1.54) is 24.3 Å². The molecule has 2 fully saturated rings. The molecular weight excluding hydrogens is 590 g/mol. The van der Waals surface area contributed by atoms with Gasteiger partial charge in [-0.1, -0.05) is 30.3 Å². The third-order valence-corrected chi connectivity index (χ3v) is 9.43. The topological polar surface area (TPSA) is 166 Å². The molecule has 3 atom stereocenters. The largest absolute Gasteiger partial charge is 0.467 e. The van der Waals surface area contributed by atoms with Crippen LogP contribution in [0.25, 0.3) is 0 Å². The number of benzene rings is 2. The van der Waals surface area contributed by atoms with Gasteiger partial charge in [-0.25, -0.2) is 18.0 Å². The number of nitrogens with one attached hydrogen (secondary N) is 1. The number of ether oxygens (including phenoxy) is 2. The number of carbonyl (C=O) groups is 3. The molecule has 2 heterocycles. The van der Waals surface area contributed by atoms with Crippen LogP contribution in [0.4, 0.5) is 4.79 Å². The van der Waals surface area contributed by atoms with Crippen molar-refractivity contribution in [2.45, 2.75) is 48.8 Å². The molecule has 1 N–H and O–H groups in total. The van der Waals surface area contributed by atoms with Crippen molar-refractivity contribution in [3.05, 3.63) is 60.2 Å². The van der Waals surface area contributed by atoms with Gasteiger partial charge < -0.3 is 19.7 Å². The standard InChI is InChI=1S/C27H33N3O10S2/c1-38-26(32)23(16-19-10-12-20(13-11-19)39-27(33)29-14-6-7-15-29)28-25(31)24-17-21(40-41(2,34)35)18-30(24)42(36,37)22-8-4-3-5-9-22/h3-5,8-13,21,23-24H,6-7,14-18H2,1-2H3,(H,28,31)/t21-,23-,24-/m0/s1. The first-order valence-electron chi connectivity index (χ1n) is 13.3. The Morgan fingerprint density at radius 2 is 1.62 bits per heavy atom. The minimum atomic E-state index is -4.23. The number of nitrogens with zero attached hydrogens (tertiary/aromatic N) is 2. The fourth-order valence-corrected chi connectivity index (χ4v) is 7.20. The smallest absolute Gasteiger partial charge is 0.415 e. The molecule has 228 valence electrons. The lowest BCUT2D eigenvalue weighted by Crippen LogP contribution is -2.51. The summed E-state index contributed by atoms with van der Waals surface area (Å²) in [6.45, 7) is 0.899. The number of carbonyl (C=O) groups excluding carboxylic acids is 3. The minimum absolute atomic E-state index is 0.0137. The molecule has 0 saturated carbocycles. The van der Waals surface area contributed by atoms with E-state index in [1.54, 1.807) is 35.2 Å². The van der Waals surface area contributed by atoms with Gasteiger partial charge in [0.05, 0.1) is 24.4 Å². The molecule has 2 aromatic rings. The molecule has 13 nitrogen and oxygen atoms in total. The summed E-state index contributed by atoms with van der Waals surface area (Å²) in [5.41, 5.74) is 0.602. The molecule has 4 rings (SSSR count). The van der Waals surface area contributed by atoms with Crippen LogP contribution in [0.3, 0.4) is 0 Å². The molecule has 2 aliphatic rings. The van der Waals surface area contributed by atoms with Crippen molar-refractivity contribution < 1.29 is 44.9 Å². The predicted octanol–water partition coefficient (Wildman–Crippen LogP) is 1.29. The van der Waals surface area contributed by atoms with Gasteiger partial charge in [-0.05, 0) is 42.7 Å². The van der Waals surface area contributed by atoms with Gasteiger partial charge in [-0.3, -0.25) is 8.98 Å². The van der Waals surface area contributed by atoms with Crippen LogP contribution in [0, 0.1) is 0 Å². The summed E-state index contributed by atoms with van der Waals surface area (Å²) in [5.74, 6) is -1.27. The Balaban J connectivity index is 1.50. The highest BCUT2D eigenvalue weighted by Gasteiger charge is 2.46. The van der Waals surface area contributed by atoms with E-state index >= 15 is 0 Å².